The fraction of sp³-hybridized carbons (Fsp3) is 0.0556. The molecule has 0 aliphatic heterocycles. The summed E-state index contributed by atoms with van der Waals surface area (Å²) in [5.41, 5.74) is 1.75. The summed E-state index contributed by atoms with van der Waals surface area (Å²) in [6.07, 6.45) is 5.81. The molecular weight excluding hydrogens is 352 g/mol. The van der Waals surface area contributed by atoms with E-state index in [1.165, 1.54) is 30.6 Å². The molecule has 2 N–H and O–H groups in total. The number of anilines is 2. The van der Waals surface area contributed by atoms with Gasteiger partial charge in [0.25, 0.3) is 15.9 Å². The second-order valence-corrected chi connectivity index (χ2v) is 7.21. The number of carbonyl (C=O) groups is 1. The minimum absolute atomic E-state index is 0.0969. The Balaban J connectivity index is 1.87. The maximum atomic E-state index is 12.6. The van der Waals surface area contributed by atoms with Crippen LogP contribution in [0.5, 0.6) is 0 Å². The van der Waals surface area contributed by atoms with Gasteiger partial charge in [-0.25, -0.2) is 8.42 Å². The van der Waals surface area contributed by atoms with Gasteiger partial charge in [-0.3, -0.25) is 19.5 Å². The fourth-order valence-electron chi connectivity index (χ4n) is 2.23. The molecule has 7 nitrogen and oxygen atoms in total. The van der Waals surface area contributed by atoms with Crippen LogP contribution in [0.25, 0.3) is 0 Å². The lowest BCUT2D eigenvalue weighted by Crippen LogP contribution is -2.19. The van der Waals surface area contributed by atoms with Crippen LogP contribution < -0.4 is 10.0 Å². The van der Waals surface area contributed by atoms with Crippen LogP contribution in [-0.2, 0) is 10.0 Å². The standard InChI is InChI=1S/C18H16N4O3S/c1-13-2-4-15(5-3-13)26(24,25)22-17-12-20-11-8-16(17)18(23)21-14-6-9-19-10-7-14/h2-12,22H,1H3,(H,19,21,23). The molecule has 132 valence electrons. The molecule has 0 saturated carbocycles. The number of amides is 1. The quantitative estimate of drug-likeness (QED) is 0.721. The highest BCUT2D eigenvalue weighted by molar-refractivity contribution is 7.92. The highest BCUT2D eigenvalue weighted by Gasteiger charge is 2.19. The second-order valence-electron chi connectivity index (χ2n) is 5.53. The van der Waals surface area contributed by atoms with Gasteiger partial charge >= 0.3 is 0 Å². The third-order valence-corrected chi connectivity index (χ3v) is 4.96. The van der Waals surface area contributed by atoms with Crippen molar-refractivity contribution < 1.29 is 13.2 Å². The van der Waals surface area contributed by atoms with E-state index in [2.05, 4.69) is 20.0 Å². The summed E-state index contributed by atoms with van der Waals surface area (Å²) in [6, 6.07) is 11.1. The highest BCUT2D eigenvalue weighted by atomic mass is 32.2. The molecule has 0 aliphatic carbocycles. The van der Waals surface area contributed by atoms with E-state index >= 15 is 0 Å². The number of carbonyl (C=O) groups excluding carboxylic acids is 1. The topological polar surface area (TPSA) is 101 Å². The van der Waals surface area contributed by atoms with E-state index in [0.717, 1.165) is 5.56 Å². The minimum Gasteiger partial charge on any atom is -0.322 e. The lowest BCUT2D eigenvalue weighted by molar-refractivity contribution is 0.102. The molecule has 26 heavy (non-hydrogen) atoms. The second kappa shape index (κ2) is 7.32. The predicted molar refractivity (Wildman–Crippen MR) is 98.4 cm³/mol. The number of hydrogen-bond acceptors (Lipinski definition) is 5. The lowest BCUT2D eigenvalue weighted by Gasteiger charge is -2.12. The molecule has 0 radical (unpaired) electrons. The van der Waals surface area contributed by atoms with Crippen molar-refractivity contribution >= 4 is 27.3 Å². The number of hydrogen-bond donors (Lipinski definition) is 2. The van der Waals surface area contributed by atoms with Crippen LogP contribution in [0.1, 0.15) is 15.9 Å². The Morgan fingerprint density at radius 2 is 1.58 bits per heavy atom. The van der Waals surface area contributed by atoms with Crippen molar-refractivity contribution in [2.75, 3.05) is 10.0 Å². The van der Waals surface area contributed by atoms with Crippen molar-refractivity contribution in [1.29, 1.82) is 0 Å². The third-order valence-electron chi connectivity index (χ3n) is 3.58. The summed E-state index contributed by atoms with van der Waals surface area (Å²) in [5.74, 6) is -0.458. The van der Waals surface area contributed by atoms with Crippen molar-refractivity contribution in [2.45, 2.75) is 11.8 Å². The summed E-state index contributed by atoms with van der Waals surface area (Å²) < 4.78 is 27.6. The van der Waals surface area contributed by atoms with E-state index in [9.17, 15) is 13.2 Å². The Labute approximate surface area is 151 Å². The molecule has 0 saturated heterocycles. The zero-order valence-electron chi connectivity index (χ0n) is 13.9. The first-order chi connectivity index (χ1) is 12.5. The number of sulfonamides is 1. The largest absolute Gasteiger partial charge is 0.322 e. The van der Waals surface area contributed by atoms with Crippen molar-refractivity contribution in [1.82, 2.24) is 9.97 Å². The summed E-state index contributed by atoms with van der Waals surface area (Å²) in [7, 11) is -3.84. The zero-order chi connectivity index (χ0) is 18.6. The molecule has 1 amide bonds. The van der Waals surface area contributed by atoms with Gasteiger partial charge in [-0.15, -0.1) is 0 Å². The molecule has 8 heteroatoms. The van der Waals surface area contributed by atoms with Crippen LogP contribution >= 0.6 is 0 Å². The smallest absolute Gasteiger partial charge is 0.261 e. The van der Waals surface area contributed by atoms with Gasteiger partial charge in [-0.2, -0.15) is 0 Å². The van der Waals surface area contributed by atoms with Gasteiger partial charge in [-0.1, -0.05) is 17.7 Å². The Hall–Kier alpha value is -3.26. The molecule has 0 bridgehead atoms. The summed E-state index contributed by atoms with van der Waals surface area (Å²) in [6.45, 7) is 1.87. The van der Waals surface area contributed by atoms with Gasteiger partial charge in [0, 0.05) is 24.3 Å². The maximum absolute atomic E-state index is 12.6. The number of nitrogens with zero attached hydrogens (tertiary/aromatic N) is 2. The Morgan fingerprint density at radius 1 is 0.923 bits per heavy atom. The molecule has 3 aromatic rings. The SMILES string of the molecule is Cc1ccc(S(=O)(=O)Nc2cnccc2C(=O)Nc2ccncc2)cc1. The van der Waals surface area contributed by atoms with Crippen LogP contribution in [0.15, 0.2) is 72.1 Å². The first-order valence-corrected chi connectivity index (χ1v) is 9.19. The normalized spacial score (nSPS) is 11.0. The van der Waals surface area contributed by atoms with Gasteiger partial charge in [-0.05, 0) is 37.3 Å². The van der Waals surface area contributed by atoms with Crippen molar-refractivity contribution in [3.8, 4) is 0 Å². The van der Waals surface area contributed by atoms with Gasteiger partial charge in [0.15, 0.2) is 0 Å². The predicted octanol–water partition coefficient (Wildman–Crippen LogP) is 2.84. The molecule has 0 fully saturated rings. The molecule has 2 heterocycles. The Morgan fingerprint density at radius 3 is 2.27 bits per heavy atom. The van der Waals surface area contributed by atoms with E-state index in [4.69, 9.17) is 0 Å². The summed E-state index contributed by atoms with van der Waals surface area (Å²) in [4.78, 5) is 20.4. The summed E-state index contributed by atoms with van der Waals surface area (Å²) >= 11 is 0. The first kappa shape index (κ1) is 17.6. The first-order valence-electron chi connectivity index (χ1n) is 7.70. The van der Waals surface area contributed by atoms with Gasteiger partial charge in [0.1, 0.15) is 0 Å². The molecule has 2 aromatic heterocycles. The van der Waals surface area contributed by atoms with Crippen LogP contribution in [0, 0.1) is 6.92 Å². The summed E-state index contributed by atoms with van der Waals surface area (Å²) in [5, 5.41) is 2.69. The number of aromatic nitrogens is 2. The number of aryl methyl sites for hydroxylation is 1. The number of nitrogens with one attached hydrogen (secondary N) is 2. The lowest BCUT2D eigenvalue weighted by atomic mass is 10.2. The van der Waals surface area contributed by atoms with Crippen LogP contribution in [0.3, 0.4) is 0 Å². The third kappa shape index (κ3) is 4.04. The molecular formula is C18H16N4O3S. The van der Waals surface area contributed by atoms with E-state index in [0.29, 0.717) is 5.69 Å². The molecule has 0 aliphatic rings. The monoisotopic (exact) mass is 368 g/mol. The number of pyridine rings is 2. The molecule has 0 spiro atoms. The Kier molecular flexibility index (Phi) is 4.94. The van der Waals surface area contributed by atoms with E-state index in [1.54, 1.807) is 36.7 Å². The van der Waals surface area contributed by atoms with E-state index in [1.807, 2.05) is 6.92 Å². The van der Waals surface area contributed by atoms with Crippen LogP contribution in [0.2, 0.25) is 0 Å². The highest BCUT2D eigenvalue weighted by Crippen LogP contribution is 2.20. The molecule has 1 aromatic carbocycles. The molecule has 3 rings (SSSR count). The van der Waals surface area contributed by atoms with E-state index < -0.39 is 15.9 Å². The van der Waals surface area contributed by atoms with E-state index in [-0.39, 0.29) is 16.1 Å². The number of benzene rings is 1. The van der Waals surface area contributed by atoms with Gasteiger partial charge in [0.05, 0.1) is 22.3 Å². The van der Waals surface area contributed by atoms with Crippen molar-refractivity contribution in [3.05, 3.63) is 78.4 Å². The van der Waals surface area contributed by atoms with Gasteiger partial charge < -0.3 is 5.32 Å². The van der Waals surface area contributed by atoms with Gasteiger partial charge in [0.2, 0.25) is 0 Å². The van der Waals surface area contributed by atoms with Crippen LogP contribution in [-0.4, -0.2) is 24.3 Å². The molecule has 0 unspecified atom stereocenters. The fourth-order valence-corrected chi connectivity index (χ4v) is 3.29. The maximum Gasteiger partial charge on any atom is 0.261 e. The number of rotatable bonds is 5. The molecule has 0 atom stereocenters. The average molecular weight is 368 g/mol. The zero-order valence-corrected chi connectivity index (χ0v) is 14.7. The Bertz CT molecular complexity index is 1020. The van der Waals surface area contributed by atoms with Crippen LogP contribution in [0.4, 0.5) is 11.4 Å². The van der Waals surface area contributed by atoms with Crippen molar-refractivity contribution in [2.24, 2.45) is 0 Å². The average Bonchev–Trinajstić information content (AvgIpc) is 2.63. The van der Waals surface area contributed by atoms with Crippen molar-refractivity contribution in [3.63, 3.8) is 0 Å². The minimum atomic E-state index is -3.84.